The van der Waals surface area contributed by atoms with Crippen LogP contribution in [-0.2, 0) is 17.6 Å². The van der Waals surface area contributed by atoms with Crippen LogP contribution < -0.4 is 10.1 Å². The Morgan fingerprint density at radius 1 is 1.17 bits per heavy atom. The summed E-state index contributed by atoms with van der Waals surface area (Å²) in [4.78, 5) is 12.1. The molecule has 1 amide bonds. The average Bonchev–Trinajstić information content (AvgIpc) is 2.60. The van der Waals surface area contributed by atoms with E-state index in [4.69, 9.17) is 4.74 Å². The minimum absolute atomic E-state index is 0.0119. The number of nitrogens with one attached hydrogen (secondary N) is 1. The Morgan fingerprint density at radius 2 is 1.92 bits per heavy atom. The third kappa shape index (κ3) is 3.94. The van der Waals surface area contributed by atoms with Gasteiger partial charge in [0.15, 0.2) is 6.61 Å². The highest BCUT2D eigenvalue weighted by atomic mass is 19.1. The highest BCUT2D eigenvalue weighted by molar-refractivity contribution is 5.78. The molecule has 2 aromatic carbocycles. The van der Waals surface area contributed by atoms with E-state index < -0.39 is 0 Å². The molecule has 126 valence electrons. The van der Waals surface area contributed by atoms with Crippen LogP contribution in [0.5, 0.6) is 5.75 Å². The van der Waals surface area contributed by atoms with E-state index in [2.05, 4.69) is 11.4 Å². The zero-order valence-corrected chi connectivity index (χ0v) is 13.8. The standard InChI is InChI=1S/C20H22FNO2/c1-14(15-9-11-17(21)12-10-15)22-20(23)13-24-19-8-4-6-16-5-2-3-7-18(16)19/h4,6,8-12,14H,2-3,5,7,13H2,1H3,(H,22,23)/t14-/m1/s1. The SMILES string of the molecule is C[C@@H](NC(=O)COc1cccc2c1CCCC2)c1ccc(F)cc1. The maximum absolute atomic E-state index is 13.0. The Balaban J connectivity index is 1.57. The number of carbonyl (C=O) groups excluding carboxylic acids is 1. The summed E-state index contributed by atoms with van der Waals surface area (Å²) in [6, 6.07) is 12.0. The van der Waals surface area contributed by atoms with Crippen LogP contribution >= 0.6 is 0 Å². The van der Waals surface area contributed by atoms with Crippen molar-refractivity contribution in [2.45, 2.75) is 38.6 Å². The number of rotatable bonds is 5. The zero-order chi connectivity index (χ0) is 16.9. The maximum atomic E-state index is 13.0. The first kappa shape index (κ1) is 16.5. The molecule has 0 heterocycles. The van der Waals surface area contributed by atoms with Gasteiger partial charge in [-0.1, -0.05) is 24.3 Å². The number of hydrogen-bond donors (Lipinski definition) is 1. The number of amides is 1. The Labute approximate surface area is 141 Å². The van der Waals surface area contributed by atoms with E-state index in [1.807, 2.05) is 19.1 Å². The summed E-state index contributed by atoms with van der Waals surface area (Å²) in [6.07, 6.45) is 4.48. The first-order valence-corrected chi connectivity index (χ1v) is 8.42. The van der Waals surface area contributed by atoms with E-state index in [0.717, 1.165) is 24.2 Å². The molecule has 1 N–H and O–H groups in total. The summed E-state index contributed by atoms with van der Waals surface area (Å²) in [5.41, 5.74) is 3.43. The molecule has 2 aromatic rings. The van der Waals surface area contributed by atoms with Gasteiger partial charge in [-0.05, 0) is 67.5 Å². The number of aryl methyl sites for hydroxylation is 1. The number of fused-ring (bicyclic) bond motifs is 1. The van der Waals surface area contributed by atoms with Crippen LogP contribution in [0.25, 0.3) is 0 Å². The number of hydrogen-bond acceptors (Lipinski definition) is 2. The van der Waals surface area contributed by atoms with Gasteiger partial charge >= 0.3 is 0 Å². The Bertz CT molecular complexity index is 712. The summed E-state index contributed by atoms with van der Waals surface area (Å²) in [5, 5.41) is 2.88. The van der Waals surface area contributed by atoms with Crippen LogP contribution in [0.4, 0.5) is 4.39 Å². The van der Waals surface area contributed by atoms with Crippen LogP contribution in [-0.4, -0.2) is 12.5 Å². The van der Waals surface area contributed by atoms with Gasteiger partial charge in [0, 0.05) is 0 Å². The van der Waals surface area contributed by atoms with Crippen LogP contribution in [0.2, 0.25) is 0 Å². The lowest BCUT2D eigenvalue weighted by atomic mass is 9.91. The Hall–Kier alpha value is -2.36. The molecule has 0 spiro atoms. The van der Waals surface area contributed by atoms with Gasteiger partial charge in [-0.2, -0.15) is 0 Å². The summed E-state index contributed by atoms with van der Waals surface area (Å²) >= 11 is 0. The van der Waals surface area contributed by atoms with Crippen molar-refractivity contribution in [3.63, 3.8) is 0 Å². The molecule has 0 bridgehead atoms. The number of halogens is 1. The van der Waals surface area contributed by atoms with Crippen LogP contribution in [0.15, 0.2) is 42.5 Å². The molecular formula is C20H22FNO2. The fourth-order valence-corrected chi connectivity index (χ4v) is 3.14. The smallest absolute Gasteiger partial charge is 0.258 e. The van der Waals surface area contributed by atoms with Crippen molar-refractivity contribution < 1.29 is 13.9 Å². The molecule has 0 saturated carbocycles. The van der Waals surface area contributed by atoms with E-state index in [0.29, 0.717) is 0 Å². The largest absolute Gasteiger partial charge is 0.483 e. The van der Waals surface area contributed by atoms with Crippen molar-refractivity contribution in [2.24, 2.45) is 0 Å². The third-order valence-electron chi connectivity index (χ3n) is 4.46. The third-order valence-corrected chi connectivity index (χ3v) is 4.46. The molecule has 3 nitrogen and oxygen atoms in total. The van der Waals surface area contributed by atoms with E-state index >= 15 is 0 Å². The number of carbonyl (C=O) groups is 1. The van der Waals surface area contributed by atoms with Crippen molar-refractivity contribution in [3.8, 4) is 5.75 Å². The summed E-state index contributed by atoms with van der Waals surface area (Å²) in [6.45, 7) is 1.86. The quantitative estimate of drug-likeness (QED) is 0.903. The van der Waals surface area contributed by atoms with Crippen LogP contribution in [0, 0.1) is 5.82 Å². The fraction of sp³-hybridized carbons (Fsp3) is 0.350. The van der Waals surface area contributed by atoms with Crippen molar-refractivity contribution >= 4 is 5.91 Å². The van der Waals surface area contributed by atoms with Gasteiger partial charge in [0.1, 0.15) is 11.6 Å². The molecule has 4 heteroatoms. The molecule has 0 radical (unpaired) electrons. The van der Waals surface area contributed by atoms with Gasteiger partial charge in [-0.25, -0.2) is 4.39 Å². The zero-order valence-electron chi connectivity index (χ0n) is 13.8. The number of benzene rings is 2. The summed E-state index contributed by atoms with van der Waals surface area (Å²) in [5.74, 6) is 0.353. The summed E-state index contributed by atoms with van der Waals surface area (Å²) < 4.78 is 18.7. The predicted molar refractivity (Wildman–Crippen MR) is 91.5 cm³/mol. The molecular weight excluding hydrogens is 305 g/mol. The molecule has 0 saturated heterocycles. The van der Waals surface area contributed by atoms with E-state index in [1.165, 1.54) is 36.1 Å². The Morgan fingerprint density at radius 3 is 2.71 bits per heavy atom. The van der Waals surface area contributed by atoms with E-state index in [-0.39, 0.29) is 24.4 Å². The highest BCUT2D eigenvalue weighted by Crippen LogP contribution is 2.29. The molecule has 1 aliphatic rings. The topological polar surface area (TPSA) is 38.3 Å². The molecule has 3 rings (SSSR count). The maximum Gasteiger partial charge on any atom is 0.258 e. The molecule has 0 fully saturated rings. The van der Waals surface area contributed by atoms with Gasteiger partial charge < -0.3 is 10.1 Å². The Kier molecular flexibility index (Phi) is 5.14. The molecule has 0 aliphatic heterocycles. The second-order valence-corrected chi connectivity index (χ2v) is 6.23. The fourth-order valence-electron chi connectivity index (χ4n) is 3.14. The van der Waals surface area contributed by atoms with Crippen molar-refractivity contribution in [3.05, 3.63) is 65.0 Å². The van der Waals surface area contributed by atoms with Crippen LogP contribution in [0.1, 0.15) is 42.5 Å². The second kappa shape index (κ2) is 7.47. The second-order valence-electron chi connectivity index (χ2n) is 6.23. The first-order chi connectivity index (χ1) is 11.6. The minimum Gasteiger partial charge on any atom is -0.483 e. The average molecular weight is 327 g/mol. The molecule has 1 aliphatic carbocycles. The van der Waals surface area contributed by atoms with E-state index in [1.54, 1.807) is 12.1 Å². The monoisotopic (exact) mass is 327 g/mol. The van der Waals surface area contributed by atoms with Crippen molar-refractivity contribution in [2.75, 3.05) is 6.61 Å². The van der Waals surface area contributed by atoms with Gasteiger partial charge in [-0.15, -0.1) is 0 Å². The van der Waals surface area contributed by atoms with E-state index in [9.17, 15) is 9.18 Å². The lowest BCUT2D eigenvalue weighted by Gasteiger charge is -2.20. The van der Waals surface area contributed by atoms with Gasteiger partial charge in [0.25, 0.3) is 5.91 Å². The normalized spacial score (nSPS) is 14.6. The lowest BCUT2D eigenvalue weighted by molar-refractivity contribution is -0.123. The highest BCUT2D eigenvalue weighted by Gasteiger charge is 2.15. The van der Waals surface area contributed by atoms with Crippen LogP contribution in [0.3, 0.4) is 0 Å². The predicted octanol–water partition coefficient (Wildman–Crippen LogP) is 3.96. The molecule has 0 unspecified atom stereocenters. The van der Waals surface area contributed by atoms with Gasteiger partial charge in [-0.3, -0.25) is 4.79 Å². The van der Waals surface area contributed by atoms with Crippen molar-refractivity contribution in [1.29, 1.82) is 0 Å². The number of ether oxygens (including phenoxy) is 1. The van der Waals surface area contributed by atoms with Gasteiger partial charge in [0.2, 0.25) is 0 Å². The molecule has 24 heavy (non-hydrogen) atoms. The van der Waals surface area contributed by atoms with Crippen molar-refractivity contribution in [1.82, 2.24) is 5.32 Å². The molecule has 0 aromatic heterocycles. The lowest BCUT2D eigenvalue weighted by Crippen LogP contribution is -2.31. The first-order valence-electron chi connectivity index (χ1n) is 8.42. The summed E-state index contributed by atoms with van der Waals surface area (Å²) in [7, 11) is 0. The minimum atomic E-state index is -0.283. The molecule has 1 atom stereocenters. The van der Waals surface area contributed by atoms with Gasteiger partial charge in [0.05, 0.1) is 6.04 Å².